The molecule has 5 nitrogen and oxygen atoms in total. The van der Waals surface area contributed by atoms with E-state index < -0.39 is 0 Å². The van der Waals surface area contributed by atoms with E-state index in [2.05, 4.69) is 15.6 Å². The SMILES string of the molecule is CCNC(=NCc1ccccc1OCC)NCC(C)(C)OC. The standard InChI is InChI=1S/C17H29N3O2/c1-6-18-16(20-13-17(3,4)21-5)19-12-14-10-8-9-11-15(14)22-7-2/h8-11H,6-7,12-13H2,1-5H3,(H2,18,19,20). The Morgan fingerprint density at radius 1 is 1.18 bits per heavy atom. The van der Waals surface area contributed by atoms with E-state index >= 15 is 0 Å². The summed E-state index contributed by atoms with van der Waals surface area (Å²) in [6.45, 7) is 10.8. The third-order valence-electron chi connectivity index (χ3n) is 3.26. The fourth-order valence-corrected chi connectivity index (χ4v) is 1.81. The summed E-state index contributed by atoms with van der Waals surface area (Å²) >= 11 is 0. The Morgan fingerprint density at radius 3 is 2.55 bits per heavy atom. The van der Waals surface area contributed by atoms with Crippen LogP contribution in [0.15, 0.2) is 29.3 Å². The normalized spacial score (nSPS) is 12.1. The number of hydrogen-bond acceptors (Lipinski definition) is 3. The average molecular weight is 307 g/mol. The zero-order valence-corrected chi connectivity index (χ0v) is 14.4. The second-order valence-electron chi connectivity index (χ2n) is 5.55. The molecule has 0 bridgehead atoms. The van der Waals surface area contributed by atoms with Gasteiger partial charge in [0.1, 0.15) is 5.75 Å². The van der Waals surface area contributed by atoms with E-state index in [-0.39, 0.29) is 5.60 Å². The van der Waals surface area contributed by atoms with Gasteiger partial charge in [0.05, 0.1) is 18.8 Å². The van der Waals surface area contributed by atoms with Gasteiger partial charge in [0.25, 0.3) is 0 Å². The Labute approximate surface area is 134 Å². The molecule has 0 saturated carbocycles. The summed E-state index contributed by atoms with van der Waals surface area (Å²) in [7, 11) is 1.71. The van der Waals surface area contributed by atoms with Gasteiger partial charge in [-0.1, -0.05) is 18.2 Å². The average Bonchev–Trinajstić information content (AvgIpc) is 2.52. The summed E-state index contributed by atoms with van der Waals surface area (Å²) in [5, 5.41) is 6.55. The highest BCUT2D eigenvalue weighted by Gasteiger charge is 2.16. The van der Waals surface area contributed by atoms with Crippen LogP contribution in [0, 0.1) is 0 Å². The number of methoxy groups -OCH3 is 1. The van der Waals surface area contributed by atoms with E-state index in [0.29, 0.717) is 19.7 Å². The number of aliphatic imine (C=N–C) groups is 1. The van der Waals surface area contributed by atoms with Crippen molar-refractivity contribution in [2.45, 2.75) is 39.8 Å². The van der Waals surface area contributed by atoms with Crippen LogP contribution in [0.1, 0.15) is 33.3 Å². The highest BCUT2D eigenvalue weighted by molar-refractivity contribution is 5.79. The van der Waals surface area contributed by atoms with Gasteiger partial charge in [0.2, 0.25) is 0 Å². The minimum Gasteiger partial charge on any atom is -0.494 e. The van der Waals surface area contributed by atoms with Crippen molar-refractivity contribution in [1.82, 2.24) is 10.6 Å². The summed E-state index contributed by atoms with van der Waals surface area (Å²) in [5.74, 6) is 1.67. The summed E-state index contributed by atoms with van der Waals surface area (Å²) in [5.41, 5.74) is 0.840. The number of ether oxygens (including phenoxy) is 2. The van der Waals surface area contributed by atoms with Crippen LogP contribution in [-0.2, 0) is 11.3 Å². The number of guanidine groups is 1. The summed E-state index contributed by atoms with van der Waals surface area (Å²) < 4.78 is 11.0. The number of nitrogens with zero attached hydrogens (tertiary/aromatic N) is 1. The Kier molecular flexibility index (Phi) is 7.74. The highest BCUT2D eigenvalue weighted by Crippen LogP contribution is 2.18. The predicted octanol–water partition coefficient (Wildman–Crippen LogP) is 2.57. The molecule has 5 heteroatoms. The number of benzene rings is 1. The van der Waals surface area contributed by atoms with Crippen LogP contribution in [0.3, 0.4) is 0 Å². The van der Waals surface area contributed by atoms with Gasteiger partial charge in [-0.05, 0) is 33.8 Å². The Balaban J connectivity index is 2.73. The van der Waals surface area contributed by atoms with Gasteiger partial charge in [-0.2, -0.15) is 0 Å². The van der Waals surface area contributed by atoms with Gasteiger partial charge in [-0.25, -0.2) is 4.99 Å². The van der Waals surface area contributed by atoms with Crippen LogP contribution in [0.2, 0.25) is 0 Å². The summed E-state index contributed by atoms with van der Waals surface area (Å²) in [6, 6.07) is 7.99. The minimum absolute atomic E-state index is 0.237. The van der Waals surface area contributed by atoms with Gasteiger partial charge in [0, 0.05) is 25.8 Å². The third kappa shape index (κ3) is 6.35. The lowest BCUT2D eigenvalue weighted by atomic mass is 10.1. The minimum atomic E-state index is -0.237. The van der Waals surface area contributed by atoms with E-state index in [1.165, 1.54) is 0 Å². The quantitative estimate of drug-likeness (QED) is 0.572. The van der Waals surface area contributed by atoms with E-state index in [0.717, 1.165) is 23.8 Å². The van der Waals surface area contributed by atoms with Crippen molar-refractivity contribution >= 4 is 5.96 Å². The lowest BCUT2D eigenvalue weighted by Gasteiger charge is -2.24. The smallest absolute Gasteiger partial charge is 0.191 e. The van der Waals surface area contributed by atoms with E-state index in [1.807, 2.05) is 52.0 Å². The molecule has 1 rings (SSSR count). The van der Waals surface area contributed by atoms with Crippen molar-refractivity contribution in [3.63, 3.8) is 0 Å². The summed E-state index contributed by atoms with van der Waals surface area (Å²) in [6.07, 6.45) is 0. The molecule has 0 aromatic heterocycles. The van der Waals surface area contributed by atoms with Crippen LogP contribution >= 0.6 is 0 Å². The topological polar surface area (TPSA) is 54.9 Å². The monoisotopic (exact) mass is 307 g/mol. The van der Waals surface area contributed by atoms with Crippen molar-refractivity contribution in [1.29, 1.82) is 0 Å². The molecule has 0 heterocycles. The van der Waals surface area contributed by atoms with Gasteiger partial charge in [-0.15, -0.1) is 0 Å². The maximum absolute atomic E-state index is 5.63. The van der Waals surface area contributed by atoms with Crippen molar-refractivity contribution in [2.24, 2.45) is 4.99 Å². The molecule has 0 radical (unpaired) electrons. The molecule has 0 aliphatic rings. The molecule has 0 aliphatic carbocycles. The molecule has 0 unspecified atom stereocenters. The molecule has 124 valence electrons. The molecule has 2 N–H and O–H groups in total. The fraction of sp³-hybridized carbons (Fsp3) is 0.588. The van der Waals surface area contributed by atoms with Gasteiger partial charge in [0.15, 0.2) is 5.96 Å². The van der Waals surface area contributed by atoms with Gasteiger partial charge >= 0.3 is 0 Å². The molecule has 1 aromatic rings. The van der Waals surface area contributed by atoms with E-state index in [4.69, 9.17) is 9.47 Å². The Hall–Kier alpha value is -1.75. The van der Waals surface area contributed by atoms with Crippen molar-refractivity contribution < 1.29 is 9.47 Å². The van der Waals surface area contributed by atoms with Crippen molar-refractivity contribution in [2.75, 3.05) is 26.8 Å². The third-order valence-corrected chi connectivity index (χ3v) is 3.26. The van der Waals surface area contributed by atoms with Gasteiger partial charge < -0.3 is 20.1 Å². The molecule has 0 amide bonds. The number of para-hydroxylation sites is 1. The molecule has 0 aliphatic heterocycles. The van der Waals surface area contributed by atoms with Crippen molar-refractivity contribution in [3.8, 4) is 5.75 Å². The lowest BCUT2D eigenvalue weighted by molar-refractivity contribution is 0.0268. The molecule has 0 saturated heterocycles. The molecule has 0 fully saturated rings. The molecule has 0 spiro atoms. The first-order valence-electron chi connectivity index (χ1n) is 7.80. The number of nitrogens with one attached hydrogen (secondary N) is 2. The van der Waals surface area contributed by atoms with E-state index in [1.54, 1.807) is 7.11 Å². The first-order chi connectivity index (χ1) is 10.5. The van der Waals surface area contributed by atoms with Crippen molar-refractivity contribution in [3.05, 3.63) is 29.8 Å². The lowest BCUT2D eigenvalue weighted by Crippen LogP contribution is -2.45. The highest BCUT2D eigenvalue weighted by atomic mass is 16.5. The molecule has 0 atom stereocenters. The largest absolute Gasteiger partial charge is 0.494 e. The van der Waals surface area contributed by atoms with E-state index in [9.17, 15) is 0 Å². The van der Waals surface area contributed by atoms with Crippen LogP contribution < -0.4 is 15.4 Å². The van der Waals surface area contributed by atoms with Crippen LogP contribution in [-0.4, -0.2) is 38.4 Å². The predicted molar refractivity (Wildman–Crippen MR) is 91.5 cm³/mol. The second kappa shape index (κ2) is 9.30. The van der Waals surface area contributed by atoms with Crippen LogP contribution in [0.4, 0.5) is 0 Å². The number of hydrogen-bond donors (Lipinski definition) is 2. The fourth-order valence-electron chi connectivity index (χ4n) is 1.81. The zero-order chi connectivity index (χ0) is 16.4. The molecular weight excluding hydrogens is 278 g/mol. The number of rotatable bonds is 8. The first kappa shape index (κ1) is 18.3. The maximum atomic E-state index is 5.63. The zero-order valence-electron chi connectivity index (χ0n) is 14.4. The Morgan fingerprint density at radius 2 is 1.91 bits per heavy atom. The first-order valence-corrected chi connectivity index (χ1v) is 7.80. The molecular formula is C17H29N3O2. The van der Waals surface area contributed by atoms with Crippen LogP contribution in [0.25, 0.3) is 0 Å². The molecule has 22 heavy (non-hydrogen) atoms. The van der Waals surface area contributed by atoms with Gasteiger partial charge in [-0.3, -0.25) is 0 Å². The van der Waals surface area contributed by atoms with Crippen LogP contribution in [0.5, 0.6) is 5.75 Å². The molecule has 1 aromatic carbocycles. The second-order valence-corrected chi connectivity index (χ2v) is 5.55. The maximum Gasteiger partial charge on any atom is 0.191 e. The summed E-state index contributed by atoms with van der Waals surface area (Å²) in [4.78, 5) is 4.62. The Bertz CT molecular complexity index is 473.